The van der Waals surface area contributed by atoms with Crippen molar-refractivity contribution in [2.75, 3.05) is 0 Å². The van der Waals surface area contributed by atoms with Crippen LogP contribution in [-0.2, 0) is 6.54 Å². The maximum Gasteiger partial charge on any atom is 0.145 e. The van der Waals surface area contributed by atoms with Gasteiger partial charge in [0.1, 0.15) is 5.65 Å². The molecule has 0 spiro atoms. The van der Waals surface area contributed by atoms with Crippen LogP contribution in [0.25, 0.3) is 16.4 Å². The van der Waals surface area contributed by atoms with Crippen LogP contribution in [0.15, 0.2) is 36.5 Å². The summed E-state index contributed by atoms with van der Waals surface area (Å²) in [6.07, 6.45) is 2.04. The SMILES string of the molecule is Cc1nc2c3ccccc3ccn2c1CN. The highest BCUT2D eigenvalue weighted by atomic mass is 15.0. The number of hydrogen-bond acceptors (Lipinski definition) is 2. The third-order valence-corrected chi connectivity index (χ3v) is 3.01. The second kappa shape index (κ2) is 3.32. The Labute approximate surface area is 93.5 Å². The number of nitrogens with zero attached hydrogens (tertiary/aromatic N) is 2. The zero-order chi connectivity index (χ0) is 11.1. The topological polar surface area (TPSA) is 43.3 Å². The van der Waals surface area contributed by atoms with Gasteiger partial charge in [-0.25, -0.2) is 4.98 Å². The highest BCUT2D eigenvalue weighted by Gasteiger charge is 2.08. The molecule has 0 aliphatic carbocycles. The van der Waals surface area contributed by atoms with Crippen molar-refractivity contribution >= 4 is 16.4 Å². The molecule has 16 heavy (non-hydrogen) atoms. The lowest BCUT2D eigenvalue weighted by Crippen LogP contribution is -2.02. The van der Waals surface area contributed by atoms with Gasteiger partial charge in [0.25, 0.3) is 0 Å². The summed E-state index contributed by atoms with van der Waals surface area (Å²) in [5, 5.41) is 2.39. The van der Waals surface area contributed by atoms with E-state index >= 15 is 0 Å². The van der Waals surface area contributed by atoms with Gasteiger partial charge in [0.05, 0.1) is 11.4 Å². The van der Waals surface area contributed by atoms with Gasteiger partial charge in [0.15, 0.2) is 0 Å². The molecule has 0 bridgehead atoms. The Kier molecular flexibility index (Phi) is 1.94. The molecule has 80 valence electrons. The van der Waals surface area contributed by atoms with Crippen LogP contribution in [-0.4, -0.2) is 9.38 Å². The van der Waals surface area contributed by atoms with Gasteiger partial charge in [-0.05, 0) is 18.4 Å². The highest BCUT2D eigenvalue weighted by Crippen LogP contribution is 2.21. The lowest BCUT2D eigenvalue weighted by atomic mass is 10.2. The molecule has 0 aliphatic rings. The summed E-state index contributed by atoms with van der Waals surface area (Å²) >= 11 is 0. The minimum absolute atomic E-state index is 0.519. The highest BCUT2D eigenvalue weighted by molar-refractivity contribution is 5.94. The van der Waals surface area contributed by atoms with Gasteiger partial charge in [0.2, 0.25) is 0 Å². The van der Waals surface area contributed by atoms with E-state index in [1.165, 1.54) is 10.8 Å². The van der Waals surface area contributed by atoms with Crippen LogP contribution in [0, 0.1) is 6.92 Å². The second-order valence-corrected chi connectivity index (χ2v) is 3.94. The Morgan fingerprint density at radius 1 is 1.25 bits per heavy atom. The first-order valence-corrected chi connectivity index (χ1v) is 5.36. The molecule has 2 aromatic heterocycles. The van der Waals surface area contributed by atoms with E-state index < -0.39 is 0 Å². The number of rotatable bonds is 1. The first-order chi connectivity index (χ1) is 7.81. The van der Waals surface area contributed by atoms with E-state index in [0.717, 1.165) is 17.0 Å². The summed E-state index contributed by atoms with van der Waals surface area (Å²) in [6, 6.07) is 10.4. The lowest BCUT2D eigenvalue weighted by Gasteiger charge is -2.02. The molecule has 1 aromatic carbocycles. The van der Waals surface area contributed by atoms with E-state index in [0.29, 0.717) is 6.54 Å². The summed E-state index contributed by atoms with van der Waals surface area (Å²) in [5.74, 6) is 0. The largest absolute Gasteiger partial charge is 0.325 e. The Morgan fingerprint density at radius 3 is 2.88 bits per heavy atom. The van der Waals surface area contributed by atoms with Crippen molar-refractivity contribution in [2.45, 2.75) is 13.5 Å². The predicted octanol–water partition coefficient (Wildman–Crippen LogP) is 2.25. The van der Waals surface area contributed by atoms with Crippen molar-refractivity contribution in [1.29, 1.82) is 0 Å². The predicted molar refractivity (Wildman–Crippen MR) is 65.3 cm³/mol. The first-order valence-electron chi connectivity index (χ1n) is 5.36. The minimum atomic E-state index is 0.519. The molecular formula is C13H13N3. The Morgan fingerprint density at radius 2 is 2.06 bits per heavy atom. The molecular weight excluding hydrogens is 198 g/mol. The Balaban J connectivity index is 2.52. The van der Waals surface area contributed by atoms with Crippen LogP contribution < -0.4 is 5.73 Å². The van der Waals surface area contributed by atoms with Crippen LogP contribution in [0.3, 0.4) is 0 Å². The van der Waals surface area contributed by atoms with Crippen molar-refractivity contribution in [3.63, 3.8) is 0 Å². The third kappa shape index (κ3) is 1.15. The van der Waals surface area contributed by atoms with E-state index in [9.17, 15) is 0 Å². The lowest BCUT2D eigenvalue weighted by molar-refractivity contribution is 0.946. The molecule has 3 aromatic rings. The molecule has 0 aliphatic heterocycles. The summed E-state index contributed by atoms with van der Waals surface area (Å²) in [6.45, 7) is 2.52. The molecule has 0 unspecified atom stereocenters. The molecule has 0 saturated carbocycles. The summed E-state index contributed by atoms with van der Waals surface area (Å²) in [7, 11) is 0. The Hall–Kier alpha value is -1.87. The van der Waals surface area contributed by atoms with Gasteiger partial charge < -0.3 is 10.1 Å². The quantitative estimate of drug-likeness (QED) is 0.671. The number of imidazole rings is 1. The summed E-state index contributed by atoms with van der Waals surface area (Å²) in [4.78, 5) is 4.60. The number of aromatic nitrogens is 2. The fourth-order valence-electron chi connectivity index (χ4n) is 2.18. The van der Waals surface area contributed by atoms with Crippen LogP contribution >= 0.6 is 0 Å². The van der Waals surface area contributed by atoms with E-state index in [-0.39, 0.29) is 0 Å². The van der Waals surface area contributed by atoms with Gasteiger partial charge in [-0.1, -0.05) is 24.3 Å². The molecule has 0 fully saturated rings. The van der Waals surface area contributed by atoms with Crippen molar-refractivity contribution in [3.05, 3.63) is 47.9 Å². The number of pyridine rings is 1. The maximum absolute atomic E-state index is 5.74. The summed E-state index contributed by atoms with van der Waals surface area (Å²) in [5.41, 5.74) is 8.84. The molecule has 0 radical (unpaired) electrons. The van der Waals surface area contributed by atoms with Crippen molar-refractivity contribution in [1.82, 2.24) is 9.38 Å². The number of nitrogens with two attached hydrogens (primary N) is 1. The van der Waals surface area contributed by atoms with Crippen molar-refractivity contribution in [3.8, 4) is 0 Å². The van der Waals surface area contributed by atoms with Gasteiger partial charge >= 0.3 is 0 Å². The molecule has 3 rings (SSSR count). The molecule has 3 nitrogen and oxygen atoms in total. The second-order valence-electron chi connectivity index (χ2n) is 3.94. The molecule has 0 atom stereocenters. The normalized spacial score (nSPS) is 11.4. The van der Waals surface area contributed by atoms with Gasteiger partial charge in [-0.15, -0.1) is 0 Å². The smallest absolute Gasteiger partial charge is 0.145 e. The molecule has 2 N–H and O–H groups in total. The van der Waals surface area contributed by atoms with Crippen LogP contribution in [0.1, 0.15) is 11.4 Å². The van der Waals surface area contributed by atoms with Crippen LogP contribution in [0.5, 0.6) is 0 Å². The number of benzene rings is 1. The number of aryl methyl sites for hydroxylation is 1. The average Bonchev–Trinajstić information content (AvgIpc) is 2.65. The van der Waals surface area contributed by atoms with Crippen LogP contribution in [0.2, 0.25) is 0 Å². The average molecular weight is 211 g/mol. The number of hydrogen-bond donors (Lipinski definition) is 1. The van der Waals surface area contributed by atoms with Crippen molar-refractivity contribution in [2.24, 2.45) is 5.73 Å². The van der Waals surface area contributed by atoms with E-state index in [4.69, 9.17) is 5.73 Å². The molecule has 0 saturated heterocycles. The summed E-state index contributed by atoms with van der Waals surface area (Å²) < 4.78 is 2.08. The molecule has 2 heterocycles. The zero-order valence-electron chi connectivity index (χ0n) is 9.14. The third-order valence-electron chi connectivity index (χ3n) is 3.01. The van der Waals surface area contributed by atoms with E-state index in [1.807, 2.05) is 25.3 Å². The fourth-order valence-corrected chi connectivity index (χ4v) is 2.18. The maximum atomic E-state index is 5.74. The Bertz CT molecular complexity index is 667. The van der Waals surface area contributed by atoms with Gasteiger partial charge in [-0.2, -0.15) is 0 Å². The number of fused-ring (bicyclic) bond motifs is 3. The van der Waals surface area contributed by atoms with Crippen LogP contribution in [0.4, 0.5) is 0 Å². The van der Waals surface area contributed by atoms with Gasteiger partial charge in [0, 0.05) is 18.1 Å². The van der Waals surface area contributed by atoms with E-state index in [1.54, 1.807) is 0 Å². The standard InChI is InChI=1S/C13H13N3/c1-9-12(8-14)16-7-6-10-4-2-3-5-11(10)13(16)15-9/h2-7H,8,14H2,1H3. The zero-order valence-corrected chi connectivity index (χ0v) is 9.14. The molecule has 0 amide bonds. The van der Waals surface area contributed by atoms with E-state index in [2.05, 4.69) is 27.6 Å². The fraction of sp³-hybridized carbons (Fsp3) is 0.154. The van der Waals surface area contributed by atoms with Gasteiger partial charge in [-0.3, -0.25) is 0 Å². The van der Waals surface area contributed by atoms with Crippen molar-refractivity contribution < 1.29 is 0 Å². The molecule has 3 heteroatoms. The monoisotopic (exact) mass is 211 g/mol. The minimum Gasteiger partial charge on any atom is -0.325 e. The first kappa shape index (κ1) is 9.36.